The average Bonchev–Trinajstić information content (AvgIpc) is 3.14. The highest BCUT2D eigenvalue weighted by molar-refractivity contribution is 5.97. The number of hydrogen-bond acceptors (Lipinski definition) is 8. The van der Waals surface area contributed by atoms with Gasteiger partial charge in [-0.1, -0.05) is 18.0 Å². The Kier molecular flexibility index (Phi) is 7.19. The van der Waals surface area contributed by atoms with Gasteiger partial charge in [0.15, 0.2) is 5.76 Å². The van der Waals surface area contributed by atoms with Gasteiger partial charge in [-0.15, -0.1) is 0 Å². The first kappa shape index (κ1) is 24.4. The Hall–Kier alpha value is -3.23. The Labute approximate surface area is 193 Å². The van der Waals surface area contributed by atoms with Gasteiger partial charge in [-0.05, 0) is 59.6 Å². The SMILES string of the molecule is COC(=O)c1c(C)noc1-c1ccc(NC(=O)[C@H]2CCCC[C@@H]2C(=O)OC(C)(C)C)c(C)n1. The first-order valence-corrected chi connectivity index (χ1v) is 11.1. The fraction of sp³-hybridized carbons (Fsp3) is 0.542. The van der Waals surface area contributed by atoms with Crippen molar-refractivity contribution >= 4 is 23.5 Å². The number of amides is 1. The Morgan fingerprint density at radius 2 is 1.73 bits per heavy atom. The van der Waals surface area contributed by atoms with E-state index in [-0.39, 0.29) is 23.2 Å². The van der Waals surface area contributed by atoms with Gasteiger partial charge in [0.1, 0.15) is 16.9 Å². The fourth-order valence-corrected chi connectivity index (χ4v) is 4.04. The Morgan fingerprint density at radius 1 is 1.06 bits per heavy atom. The van der Waals surface area contributed by atoms with Gasteiger partial charge in [0, 0.05) is 0 Å². The molecule has 0 bridgehead atoms. The summed E-state index contributed by atoms with van der Waals surface area (Å²) in [6.45, 7) is 8.85. The first-order valence-electron chi connectivity index (χ1n) is 11.1. The number of rotatable bonds is 5. The molecular formula is C24H31N3O6. The molecule has 1 fully saturated rings. The van der Waals surface area contributed by atoms with Crippen LogP contribution in [0.1, 0.15) is 68.2 Å². The topological polar surface area (TPSA) is 121 Å². The number of methoxy groups -OCH3 is 1. The summed E-state index contributed by atoms with van der Waals surface area (Å²) < 4.78 is 15.7. The summed E-state index contributed by atoms with van der Waals surface area (Å²) in [5.74, 6) is -1.85. The van der Waals surface area contributed by atoms with Crippen LogP contribution in [0, 0.1) is 25.7 Å². The van der Waals surface area contributed by atoms with Gasteiger partial charge in [0.05, 0.1) is 36.0 Å². The molecule has 9 nitrogen and oxygen atoms in total. The van der Waals surface area contributed by atoms with Gasteiger partial charge in [0.2, 0.25) is 5.91 Å². The average molecular weight is 458 g/mol. The van der Waals surface area contributed by atoms with E-state index >= 15 is 0 Å². The van der Waals surface area contributed by atoms with E-state index in [1.54, 1.807) is 26.0 Å². The van der Waals surface area contributed by atoms with Crippen LogP contribution in [0.25, 0.3) is 11.5 Å². The predicted molar refractivity (Wildman–Crippen MR) is 120 cm³/mol. The second-order valence-electron chi connectivity index (χ2n) is 9.31. The number of aromatic nitrogens is 2. The van der Waals surface area contributed by atoms with E-state index in [4.69, 9.17) is 14.0 Å². The van der Waals surface area contributed by atoms with Gasteiger partial charge in [-0.2, -0.15) is 0 Å². The van der Waals surface area contributed by atoms with E-state index in [2.05, 4.69) is 15.5 Å². The molecule has 0 aliphatic heterocycles. The number of anilines is 1. The molecule has 9 heteroatoms. The third-order valence-corrected chi connectivity index (χ3v) is 5.64. The maximum atomic E-state index is 13.1. The van der Waals surface area contributed by atoms with Crippen LogP contribution >= 0.6 is 0 Å². The summed E-state index contributed by atoms with van der Waals surface area (Å²) in [6, 6.07) is 3.33. The fourth-order valence-electron chi connectivity index (χ4n) is 4.04. The van der Waals surface area contributed by atoms with Crippen molar-refractivity contribution in [3.8, 4) is 11.5 Å². The molecule has 2 aromatic heterocycles. The molecule has 0 unspecified atom stereocenters. The maximum absolute atomic E-state index is 13.1. The number of esters is 2. The van der Waals surface area contributed by atoms with Crippen LogP contribution in [0.3, 0.4) is 0 Å². The van der Waals surface area contributed by atoms with Gasteiger partial charge >= 0.3 is 11.9 Å². The van der Waals surface area contributed by atoms with Crippen molar-refractivity contribution in [3.63, 3.8) is 0 Å². The van der Waals surface area contributed by atoms with Crippen molar-refractivity contribution in [3.05, 3.63) is 29.1 Å². The lowest BCUT2D eigenvalue weighted by Crippen LogP contribution is -2.39. The molecule has 33 heavy (non-hydrogen) atoms. The number of carbonyl (C=O) groups excluding carboxylic acids is 3. The zero-order valence-corrected chi connectivity index (χ0v) is 20.0. The number of ether oxygens (including phenoxy) is 2. The summed E-state index contributed by atoms with van der Waals surface area (Å²) >= 11 is 0. The van der Waals surface area contributed by atoms with Crippen molar-refractivity contribution in [2.45, 2.75) is 65.9 Å². The lowest BCUT2D eigenvalue weighted by Gasteiger charge is -2.31. The molecule has 1 aliphatic rings. The molecule has 0 aromatic carbocycles. The van der Waals surface area contributed by atoms with E-state index < -0.39 is 23.4 Å². The van der Waals surface area contributed by atoms with Crippen molar-refractivity contribution in [2.75, 3.05) is 12.4 Å². The quantitative estimate of drug-likeness (QED) is 0.662. The van der Waals surface area contributed by atoms with Crippen LogP contribution < -0.4 is 5.32 Å². The molecule has 2 atom stereocenters. The summed E-state index contributed by atoms with van der Waals surface area (Å²) in [4.78, 5) is 42.4. The van der Waals surface area contributed by atoms with Crippen LogP contribution in [0.15, 0.2) is 16.7 Å². The zero-order valence-electron chi connectivity index (χ0n) is 20.0. The van der Waals surface area contributed by atoms with E-state index in [0.717, 1.165) is 12.8 Å². The minimum absolute atomic E-state index is 0.206. The summed E-state index contributed by atoms with van der Waals surface area (Å²) in [5, 5.41) is 6.76. The van der Waals surface area contributed by atoms with E-state index in [1.165, 1.54) is 7.11 Å². The molecule has 1 amide bonds. The van der Waals surface area contributed by atoms with Gasteiger partial charge < -0.3 is 19.3 Å². The maximum Gasteiger partial charge on any atom is 0.343 e. The van der Waals surface area contributed by atoms with Crippen molar-refractivity contribution in [1.82, 2.24) is 10.1 Å². The monoisotopic (exact) mass is 457 g/mol. The molecule has 3 rings (SSSR count). The molecule has 2 aromatic rings. The second-order valence-corrected chi connectivity index (χ2v) is 9.31. The molecule has 2 heterocycles. The molecule has 0 saturated heterocycles. The van der Waals surface area contributed by atoms with Gasteiger partial charge in [0.25, 0.3) is 0 Å². The number of nitrogens with one attached hydrogen (secondary N) is 1. The second kappa shape index (κ2) is 9.72. The third kappa shape index (κ3) is 5.58. The Morgan fingerprint density at radius 3 is 2.33 bits per heavy atom. The normalized spacial score (nSPS) is 18.5. The first-order chi connectivity index (χ1) is 15.5. The molecule has 1 aliphatic carbocycles. The summed E-state index contributed by atoms with van der Waals surface area (Å²) in [5.41, 5.74) is 1.47. The molecule has 0 spiro atoms. The van der Waals surface area contributed by atoms with Crippen LogP contribution in [0.2, 0.25) is 0 Å². The van der Waals surface area contributed by atoms with Gasteiger partial charge in [-0.25, -0.2) is 9.78 Å². The lowest BCUT2D eigenvalue weighted by atomic mass is 9.78. The number of carbonyl (C=O) groups is 3. The lowest BCUT2D eigenvalue weighted by molar-refractivity contribution is -0.164. The molecule has 0 radical (unpaired) electrons. The minimum Gasteiger partial charge on any atom is -0.465 e. The van der Waals surface area contributed by atoms with Crippen molar-refractivity contribution < 1.29 is 28.4 Å². The van der Waals surface area contributed by atoms with Crippen LogP contribution in [0.5, 0.6) is 0 Å². The molecule has 1 saturated carbocycles. The number of aryl methyl sites for hydroxylation is 2. The number of nitrogens with zero attached hydrogens (tertiary/aromatic N) is 2. The summed E-state index contributed by atoms with van der Waals surface area (Å²) in [7, 11) is 1.28. The molecule has 1 N–H and O–H groups in total. The predicted octanol–water partition coefficient (Wildman–Crippen LogP) is 4.23. The smallest absolute Gasteiger partial charge is 0.343 e. The van der Waals surface area contributed by atoms with E-state index in [0.29, 0.717) is 35.6 Å². The largest absolute Gasteiger partial charge is 0.465 e. The summed E-state index contributed by atoms with van der Waals surface area (Å²) in [6.07, 6.45) is 3.03. The zero-order chi connectivity index (χ0) is 24.3. The van der Waals surface area contributed by atoms with Crippen molar-refractivity contribution in [2.24, 2.45) is 11.8 Å². The Bertz CT molecular complexity index is 1050. The standard InChI is InChI=1S/C24H31N3O6/c1-13-17(11-12-18(25-13)20-19(23(30)31-6)14(2)27-33-20)26-21(28)15-9-7-8-10-16(15)22(29)32-24(3,4)5/h11-12,15-16H,7-10H2,1-6H3,(H,26,28)/t15-,16-/m0/s1. The number of hydrogen-bond donors (Lipinski definition) is 1. The third-order valence-electron chi connectivity index (χ3n) is 5.64. The highest BCUT2D eigenvalue weighted by Gasteiger charge is 2.38. The van der Waals surface area contributed by atoms with Crippen LogP contribution in [-0.4, -0.2) is 40.7 Å². The Balaban J connectivity index is 1.79. The van der Waals surface area contributed by atoms with E-state index in [9.17, 15) is 14.4 Å². The highest BCUT2D eigenvalue weighted by Crippen LogP contribution is 2.34. The van der Waals surface area contributed by atoms with Crippen LogP contribution in [-0.2, 0) is 19.1 Å². The van der Waals surface area contributed by atoms with Crippen LogP contribution in [0.4, 0.5) is 5.69 Å². The van der Waals surface area contributed by atoms with E-state index in [1.807, 2.05) is 20.8 Å². The highest BCUT2D eigenvalue weighted by atomic mass is 16.6. The number of pyridine rings is 1. The van der Waals surface area contributed by atoms with Gasteiger partial charge in [-0.3, -0.25) is 9.59 Å². The minimum atomic E-state index is -0.603. The van der Waals surface area contributed by atoms with Crippen molar-refractivity contribution in [1.29, 1.82) is 0 Å². The molecular weight excluding hydrogens is 426 g/mol. The molecule has 178 valence electrons.